The van der Waals surface area contributed by atoms with Crippen molar-refractivity contribution >= 4 is 11.6 Å². The third-order valence-corrected chi connectivity index (χ3v) is 2.77. The second-order valence-electron chi connectivity index (χ2n) is 4.12. The first-order valence-electron chi connectivity index (χ1n) is 5.58. The minimum atomic E-state index is -4.40. The molecule has 2 aromatic heterocycles. The largest absolute Gasteiger partial charge is 0.416 e. The molecule has 5 nitrogen and oxygen atoms in total. The summed E-state index contributed by atoms with van der Waals surface area (Å²) < 4.78 is 39.5. The Morgan fingerprint density at radius 2 is 2.00 bits per heavy atom. The van der Waals surface area contributed by atoms with Crippen LogP contribution in [0, 0.1) is 0 Å². The first-order valence-corrected chi connectivity index (χ1v) is 5.58. The normalized spacial score (nSPS) is 11.9. The van der Waals surface area contributed by atoms with Crippen LogP contribution < -0.4 is 5.73 Å². The molecule has 0 saturated heterocycles. The fourth-order valence-electron chi connectivity index (χ4n) is 1.90. The molecule has 0 aliphatic heterocycles. The Bertz CT molecular complexity index is 778. The van der Waals surface area contributed by atoms with Crippen LogP contribution in [-0.4, -0.2) is 19.6 Å². The maximum absolute atomic E-state index is 12.7. The quantitative estimate of drug-likeness (QED) is 0.742. The van der Waals surface area contributed by atoms with Crippen molar-refractivity contribution in [3.63, 3.8) is 0 Å². The SMILES string of the molecule is Nc1nc2c(-c3cccc(C(F)(F)F)c3)cncn2n1. The van der Waals surface area contributed by atoms with E-state index in [-0.39, 0.29) is 5.95 Å². The smallest absolute Gasteiger partial charge is 0.366 e. The molecular formula is C12H8F3N5. The summed E-state index contributed by atoms with van der Waals surface area (Å²) in [7, 11) is 0. The van der Waals surface area contributed by atoms with Crippen molar-refractivity contribution < 1.29 is 13.2 Å². The van der Waals surface area contributed by atoms with Gasteiger partial charge in [-0.3, -0.25) is 0 Å². The molecule has 8 heteroatoms. The molecule has 0 atom stereocenters. The van der Waals surface area contributed by atoms with E-state index in [9.17, 15) is 13.2 Å². The number of fused-ring (bicyclic) bond motifs is 1. The summed E-state index contributed by atoms with van der Waals surface area (Å²) in [5.74, 6) is 0.0335. The molecule has 2 N–H and O–H groups in total. The fourth-order valence-corrected chi connectivity index (χ4v) is 1.90. The van der Waals surface area contributed by atoms with Gasteiger partial charge in [0.15, 0.2) is 5.65 Å². The van der Waals surface area contributed by atoms with Gasteiger partial charge >= 0.3 is 6.18 Å². The fraction of sp³-hybridized carbons (Fsp3) is 0.0833. The number of rotatable bonds is 1. The monoisotopic (exact) mass is 279 g/mol. The highest BCUT2D eigenvalue weighted by atomic mass is 19.4. The van der Waals surface area contributed by atoms with Crippen LogP contribution in [0.4, 0.5) is 19.1 Å². The molecule has 2 heterocycles. The van der Waals surface area contributed by atoms with Gasteiger partial charge in [0, 0.05) is 11.8 Å². The highest BCUT2D eigenvalue weighted by Gasteiger charge is 2.30. The van der Waals surface area contributed by atoms with Gasteiger partial charge in [0.1, 0.15) is 6.33 Å². The molecule has 3 aromatic rings. The minimum Gasteiger partial charge on any atom is -0.366 e. The molecule has 0 unspecified atom stereocenters. The lowest BCUT2D eigenvalue weighted by molar-refractivity contribution is -0.137. The average molecular weight is 279 g/mol. The summed E-state index contributed by atoms with van der Waals surface area (Å²) in [6.07, 6.45) is -1.59. The maximum Gasteiger partial charge on any atom is 0.416 e. The van der Waals surface area contributed by atoms with E-state index in [1.54, 1.807) is 6.07 Å². The number of anilines is 1. The molecule has 0 saturated carbocycles. The molecule has 102 valence electrons. The topological polar surface area (TPSA) is 69.1 Å². The molecular weight excluding hydrogens is 271 g/mol. The molecule has 20 heavy (non-hydrogen) atoms. The molecule has 3 rings (SSSR count). The van der Waals surface area contributed by atoms with Crippen molar-refractivity contribution in [2.24, 2.45) is 0 Å². The van der Waals surface area contributed by atoms with E-state index in [0.717, 1.165) is 12.1 Å². The molecule has 0 amide bonds. The van der Waals surface area contributed by atoms with Crippen molar-refractivity contribution in [1.82, 2.24) is 19.6 Å². The minimum absolute atomic E-state index is 0.0335. The zero-order valence-electron chi connectivity index (χ0n) is 9.96. The second kappa shape index (κ2) is 4.19. The summed E-state index contributed by atoms with van der Waals surface area (Å²) in [5, 5.41) is 3.87. The van der Waals surface area contributed by atoms with Crippen molar-refractivity contribution in [3.8, 4) is 11.1 Å². The van der Waals surface area contributed by atoms with Crippen LogP contribution in [0.2, 0.25) is 0 Å². The van der Waals surface area contributed by atoms with E-state index < -0.39 is 11.7 Å². The van der Waals surface area contributed by atoms with Crippen molar-refractivity contribution in [2.45, 2.75) is 6.18 Å². The highest BCUT2D eigenvalue weighted by Crippen LogP contribution is 2.32. The summed E-state index contributed by atoms with van der Waals surface area (Å²) in [6.45, 7) is 0. The van der Waals surface area contributed by atoms with Crippen LogP contribution in [-0.2, 0) is 6.18 Å². The summed E-state index contributed by atoms with van der Waals surface area (Å²) in [6, 6.07) is 4.94. The Labute approximate surface area is 110 Å². The first kappa shape index (κ1) is 12.4. The molecule has 0 fully saturated rings. The Balaban J connectivity index is 2.21. The number of halogens is 3. The van der Waals surface area contributed by atoms with Gasteiger partial charge in [0.2, 0.25) is 5.95 Å². The Morgan fingerprint density at radius 1 is 1.20 bits per heavy atom. The number of alkyl halides is 3. The Hall–Kier alpha value is -2.64. The van der Waals surface area contributed by atoms with Crippen LogP contribution in [0.1, 0.15) is 5.56 Å². The van der Waals surface area contributed by atoms with Crippen molar-refractivity contribution in [3.05, 3.63) is 42.4 Å². The number of hydrogen-bond acceptors (Lipinski definition) is 4. The maximum atomic E-state index is 12.7. The van der Waals surface area contributed by atoms with E-state index in [1.165, 1.54) is 23.1 Å². The van der Waals surface area contributed by atoms with Gasteiger partial charge < -0.3 is 5.73 Å². The molecule has 0 aliphatic carbocycles. The number of hydrogen-bond donors (Lipinski definition) is 1. The van der Waals surface area contributed by atoms with E-state index in [0.29, 0.717) is 16.8 Å². The molecule has 0 radical (unpaired) electrons. The van der Waals surface area contributed by atoms with E-state index >= 15 is 0 Å². The lowest BCUT2D eigenvalue weighted by Crippen LogP contribution is -2.04. The number of aromatic nitrogens is 4. The third-order valence-electron chi connectivity index (χ3n) is 2.77. The molecule has 0 spiro atoms. The van der Waals surface area contributed by atoms with Gasteiger partial charge in [-0.1, -0.05) is 12.1 Å². The van der Waals surface area contributed by atoms with Crippen LogP contribution in [0.15, 0.2) is 36.8 Å². The van der Waals surface area contributed by atoms with E-state index in [1.807, 2.05) is 0 Å². The Morgan fingerprint density at radius 3 is 2.75 bits per heavy atom. The summed E-state index contributed by atoms with van der Waals surface area (Å²) in [4.78, 5) is 7.91. The van der Waals surface area contributed by atoms with Crippen LogP contribution >= 0.6 is 0 Å². The second-order valence-corrected chi connectivity index (χ2v) is 4.12. The number of nitrogens with zero attached hydrogens (tertiary/aromatic N) is 4. The van der Waals surface area contributed by atoms with E-state index in [4.69, 9.17) is 5.73 Å². The first-order chi connectivity index (χ1) is 9.45. The van der Waals surface area contributed by atoms with E-state index in [2.05, 4.69) is 15.1 Å². The standard InChI is InChI=1S/C12H8F3N5/c13-12(14,15)8-3-1-2-7(4-8)9-5-17-6-20-10(9)18-11(16)19-20/h1-6H,(H2,16,19). The van der Waals surface area contributed by atoms with Gasteiger partial charge in [0.25, 0.3) is 0 Å². The van der Waals surface area contributed by atoms with Gasteiger partial charge in [-0.2, -0.15) is 22.7 Å². The zero-order chi connectivity index (χ0) is 14.3. The third kappa shape index (κ3) is 2.04. The van der Waals surface area contributed by atoms with Crippen LogP contribution in [0.25, 0.3) is 16.8 Å². The van der Waals surface area contributed by atoms with Crippen LogP contribution in [0.5, 0.6) is 0 Å². The molecule has 0 aliphatic rings. The van der Waals surface area contributed by atoms with Crippen molar-refractivity contribution in [1.29, 1.82) is 0 Å². The predicted molar refractivity (Wildman–Crippen MR) is 65.6 cm³/mol. The van der Waals surface area contributed by atoms with Crippen molar-refractivity contribution in [2.75, 3.05) is 5.73 Å². The molecule has 0 bridgehead atoms. The van der Waals surface area contributed by atoms with Gasteiger partial charge in [-0.15, -0.1) is 5.10 Å². The van der Waals surface area contributed by atoms with Gasteiger partial charge in [-0.25, -0.2) is 4.98 Å². The van der Waals surface area contributed by atoms with Gasteiger partial charge in [-0.05, 0) is 17.7 Å². The number of nitrogen functional groups attached to an aromatic ring is 1. The summed E-state index contributed by atoms with van der Waals surface area (Å²) >= 11 is 0. The lowest BCUT2D eigenvalue weighted by atomic mass is 10.1. The van der Waals surface area contributed by atoms with Crippen LogP contribution in [0.3, 0.4) is 0 Å². The Kier molecular flexibility index (Phi) is 2.60. The average Bonchev–Trinajstić information content (AvgIpc) is 2.77. The number of nitrogens with two attached hydrogens (primary N) is 1. The number of benzene rings is 1. The van der Waals surface area contributed by atoms with Gasteiger partial charge in [0.05, 0.1) is 5.56 Å². The zero-order valence-corrected chi connectivity index (χ0v) is 9.96. The summed E-state index contributed by atoms with van der Waals surface area (Å²) in [5.41, 5.74) is 5.90. The highest BCUT2D eigenvalue weighted by molar-refractivity contribution is 5.77. The molecule has 1 aromatic carbocycles. The lowest BCUT2D eigenvalue weighted by Gasteiger charge is -2.08. The predicted octanol–water partition coefficient (Wildman–Crippen LogP) is 2.39.